The lowest BCUT2D eigenvalue weighted by atomic mass is 10.1. The molecule has 0 radical (unpaired) electrons. The van der Waals surface area contributed by atoms with Gasteiger partial charge in [-0.25, -0.2) is 19.3 Å². The van der Waals surface area contributed by atoms with E-state index in [0.717, 1.165) is 22.0 Å². The lowest BCUT2D eigenvalue weighted by Gasteiger charge is -2.19. The molecule has 4 rings (SSSR count). The molecule has 4 aromatic rings. The van der Waals surface area contributed by atoms with E-state index in [0.29, 0.717) is 11.3 Å². The Kier molecular flexibility index (Phi) is 3.92. The highest BCUT2D eigenvalue weighted by atomic mass is 35.5. The van der Waals surface area contributed by atoms with Crippen LogP contribution in [0, 0.1) is 0 Å². The Morgan fingerprint density at radius 3 is 2.67 bits per heavy atom. The molecule has 0 N–H and O–H groups in total. The maximum Gasteiger partial charge on any atom is 0.420 e. The van der Waals surface area contributed by atoms with Crippen LogP contribution in [0.2, 0.25) is 5.28 Å². The fraction of sp³-hybridized carbons (Fsp3) is 0.263. The van der Waals surface area contributed by atoms with Gasteiger partial charge in [0.2, 0.25) is 5.28 Å². The van der Waals surface area contributed by atoms with Gasteiger partial charge in [0, 0.05) is 42.0 Å². The van der Waals surface area contributed by atoms with Crippen LogP contribution in [-0.4, -0.2) is 35.8 Å². The number of hydrogen-bond donors (Lipinski definition) is 0. The summed E-state index contributed by atoms with van der Waals surface area (Å²) in [5, 5.41) is 1.86. The summed E-state index contributed by atoms with van der Waals surface area (Å²) in [4.78, 5) is 25.5. The standard InChI is InChI=1S/C19H18ClN5O2/c1-19(2,3)27-18(26)25-8-5-11-9-12(10-21-15(11)25)14-13-6-7-24(4)16(13)23-17(20)22-14/h5-10H,1-4H3. The molecule has 7 nitrogen and oxygen atoms in total. The average Bonchev–Trinajstić information content (AvgIpc) is 3.16. The van der Waals surface area contributed by atoms with Crippen molar-refractivity contribution in [2.24, 2.45) is 7.05 Å². The maximum absolute atomic E-state index is 12.4. The molecule has 0 bridgehead atoms. The molecule has 0 aromatic carbocycles. The lowest BCUT2D eigenvalue weighted by molar-refractivity contribution is 0.0543. The third-order valence-electron chi connectivity index (χ3n) is 4.09. The topological polar surface area (TPSA) is 74.8 Å². The van der Waals surface area contributed by atoms with E-state index in [1.54, 1.807) is 12.4 Å². The zero-order valence-electron chi connectivity index (χ0n) is 15.4. The summed E-state index contributed by atoms with van der Waals surface area (Å²) < 4.78 is 8.71. The van der Waals surface area contributed by atoms with E-state index in [4.69, 9.17) is 16.3 Å². The molecule has 27 heavy (non-hydrogen) atoms. The molecule has 0 atom stereocenters. The van der Waals surface area contributed by atoms with Crippen LogP contribution in [0.25, 0.3) is 33.3 Å². The number of halogens is 1. The molecule has 138 valence electrons. The van der Waals surface area contributed by atoms with Crippen LogP contribution in [0.1, 0.15) is 20.8 Å². The quantitative estimate of drug-likeness (QED) is 0.455. The molecular formula is C19H18ClN5O2. The first-order valence-corrected chi connectivity index (χ1v) is 8.80. The van der Waals surface area contributed by atoms with Crippen molar-refractivity contribution >= 4 is 39.8 Å². The second-order valence-corrected chi connectivity index (χ2v) is 7.65. The van der Waals surface area contributed by atoms with Gasteiger partial charge in [-0.1, -0.05) is 0 Å². The van der Waals surface area contributed by atoms with Gasteiger partial charge in [-0.05, 0) is 50.6 Å². The minimum atomic E-state index is -0.579. The zero-order chi connectivity index (χ0) is 19.3. The number of carbonyl (C=O) groups is 1. The molecular weight excluding hydrogens is 366 g/mol. The summed E-state index contributed by atoms with van der Waals surface area (Å²) in [6.45, 7) is 5.48. The van der Waals surface area contributed by atoms with Gasteiger partial charge in [0.05, 0.1) is 5.69 Å². The van der Waals surface area contributed by atoms with E-state index in [1.807, 2.05) is 56.8 Å². The number of hydrogen-bond acceptors (Lipinski definition) is 5. The second kappa shape index (κ2) is 6.06. The van der Waals surface area contributed by atoms with Gasteiger partial charge in [-0.15, -0.1) is 0 Å². The van der Waals surface area contributed by atoms with Crippen LogP contribution in [0.15, 0.2) is 36.8 Å². The van der Waals surface area contributed by atoms with Gasteiger partial charge in [-0.2, -0.15) is 4.98 Å². The Balaban J connectivity index is 1.81. The van der Waals surface area contributed by atoms with Crippen LogP contribution in [0.5, 0.6) is 0 Å². The predicted octanol–water partition coefficient (Wildman–Crippen LogP) is 4.42. The van der Waals surface area contributed by atoms with Crippen molar-refractivity contribution in [1.29, 1.82) is 0 Å². The van der Waals surface area contributed by atoms with Crippen molar-refractivity contribution in [3.8, 4) is 11.3 Å². The summed E-state index contributed by atoms with van der Waals surface area (Å²) in [6.07, 6.45) is 4.77. The van der Waals surface area contributed by atoms with Gasteiger partial charge in [0.15, 0.2) is 0 Å². The average molecular weight is 384 g/mol. The summed E-state index contributed by atoms with van der Waals surface area (Å²) >= 11 is 6.11. The monoisotopic (exact) mass is 383 g/mol. The Bertz CT molecular complexity index is 1190. The van der Waals surface area contributed by atoms with Gasteiger partial charge in [-0.3, -0.25) is 0 Å². The number of aryl methyl sites for hydroxylation is 1. The van der Waals surface area contributed by atoms with E-state index in [1.165, 1.54) is 4.57 Å². The molecule has 0 saturated carbocycles. The first-order chi connectivity index (χ1) is 12.7. The van der Waals surface area contributed by atoms with Crippen molar-refractivity contribution in [2.75, 3.05) is 0 Å². The fourth-order valence-corrected chi connectivity index (χ4v) is 3.11. The summed E-state index contributed by atoms with van der Waals surface area (Å²) in [5.74, 6) is 0. The Morgan fingerprint density at radius 1 is 1.15 bits per heavy atom. The molecule has 0 unspecified atom stereocenters. The zero-order valence-corrected chi connectivity index (χ0v) is 16.2. The highest BCUT2D eigenvalue weighted by Crippen LogP contribution is 2.29. The number of fused-ring (bicyclic) bond motifs is 2. The Labute approximate surface area is 160 Å². The van der Waals surface area contributed by atoms with Gasteiger partial charge < -0.3 is 9.30 Å². The molecule has 0 aliphatic carbocycles. The molecule has 4 heterocycles. The SMILES string of the molecule is Cn1ccc2c(-c3cnc4c(ccn4C(=O)OC(C)(C)C)c3)nc(Cl)nc21. The highest BCUT2D eigenvalue weighted by molar-refractivity contribution is 6.28. The molecule has 0 spiro atoms. The largest absolute Gasteiger partial charge is 0.443 e. The van der Waals surface area contributed by atoms with E-state index in [2.05, 4.69) is 15.0 Å². The number of carbonyl (C=O) groups excluding carboxylic acids is 1. The number of aromatic nitrogens is 5. The smallest absolute Gasteiger partial charge is 0.420 e. The van der Waals surface area contributed by atoms with E-state index in [9.17, 15) is 4.79 Å². The van der Waals surface area contributed by atoms with E-state index >= 15 is 0 Å². The Hall–Kier alpha value is -2.93. The first kappa shape index (κ1) is 17.5. The molecule has 0 saturated heterocycles. The normalized spacial score (nSPS) is 12.0. The molecule has 0 fully saturated rings. The maximum atomic E-state index is 12.4. The van der Waals surface area contributed by atoms with Crippen molar-refractivity contribution in [1.82, 2.24) is 24.1 Å². The summed E-state index contributed by atoms with van der Waals surface area (Å²) in [6, 6.07) is 5.69. The van der Waals surface area contributed by atoms with Crippen molar-refractivity contribution < 1.29 is 9.53 Å². The molecule has 4 aromatic heterocycles. The van der Waals surface area contributed by atoms with Crippen LogP contribution < -0.4 is 0 Å². The van der Waals surface area contributed by atoms with Gasteiger partial charge in [0.25, 0.3) is 0 Å². The van der Waals surface area contributed by atoms with Crippen molar-refractivity contribution in [3.05, 3.63) is 42.1 Å². The van der Waals surface area contributed by atoms with Gasteiger partial charge >= 0.3 is 6.09 Å². The van der Waals surface area contributed by atoms with Crippen LogP contribution in [0.4, 0.5) is 4.79 Å². The molecule has 8 heteroatoms. The van der Waals surface area contributed by atoms with E-state index in [-0.39, 0.29) is 5.28 Å². The highest BCUT2D eigenvalue weighted by Gasteiger charge is 2.20. The molecule has 0 aliphatic heterocycles. The third-order valence-corrected chi connectivity index (χ3v) is 4.26. The van der Waals surface area contributed by atoms with Crippen molar-refractivity contribution in [2.45, 2.75) is 26.4 Å². The van der Waals surface area contributed by atoms with E-state index < -0.39 is 11.7 Å². The predicted molar refractivity (Wildman–Crippen MR) is 104 cm³/mol. The lowest BCUT2D eigenvalue weighted by Crippen LogP contribution is -2.26. The van der Waals surface area contributed by atoms with Crippen LogP contribution in [0.3, 0.4) is 0 Å². The van der Waals surface area contributed by atoms with Crippen LogP contribution in [-0.2, 0) is 11.8 Å². The minimum absolute atomic E-state index is 0.172. The number of nitrogens with zero attached hydrogens (tertiary/aromatic N) is 5. The van der Waals surface area contributed by atoms with Crippen LogP contribution >= 0.6 is 11.6 Å². The van der Waals surface area contributed by atoms with Gasteiger partial charge in [0.1, 0.15) is 16.9 Å². The fourth-order valence-electron chi connectivity index (χ4n) is 2.94. The molecule has 0 aliphatic rings. The third kappa shape index (κ3) is 3.14. The first-order valence-electron chi connectivity index (χ1n) is 8.42. The second-order valence-electron chi connectivity index (χ2n) is 7.31. The Morgan fingerprint density at radius 2 is 1.93 bits per heavy atom. The number of rotatable bonds is 1. The summed E-state index contributed by atoms with van der Waals surface area (Å²) in [7, 11) is 1.90. The number of pyridine rings is 1. The number of ether oxygens (including phenoxy) is 1. The summed E-state index contributed by atoms with van der Waals surface area (Å²) in [5.41, 5.74) is 2.19. The minimum Gasteiger partial charge on any atom is -0.443 e. The molecule has 0 amide bonds. The van der Waals surface area contributed by atoms with Crippen molar-refractivity contribution in [3.63, 3.8) is 0 Å².